The molecule has 0 fully saturated rings. The zero-order chi connectivity index (χ0) is 19.3. The second kappa shape index (κ2) is 7.83. The Morgan fingerprint density at radius 3 is 2.57 bits per heavy atom. The molecule has 4 aromatic rings. The normalized spacial score (nSPS) is 10.9. The molecule has 8 nitrogen and oxygen atoms in total. The van der Waals surface area contributed by atoms with Gasteiger partial charge in [0.1, 0.15) is 5.82 Å². The van der Waals surface area contributed by atoms with Gasteiger partial charge in [0.2, 0.25) is 0 Å². The molecule has 28 heavy (non-hydrogen) atoms. The number of rotatable bonds is 7. The first-order chi connectivity index (χ1) is 13.7. The van der Waals surface area contributed by atoms with Crippen LogP contribution in [0.25, 0.3) is 22.5 Å². The number of nitrogens with one attached hydrogen (secondary N) is 1. The second-order valence-corrected chi connectivity index (χ2v) is 6.30. The average molecular weight is 373 g/mol. The number of nitrogens with zero attached hydrogens (tertiary/aromatic N) is 6. The number of aromatic hydroxyl groups is 1. The minimum Gasteiger partial charge on any atom is -0.478 e. The van der Waals surface area contributed by atoms with Gasteiger partial charge in [-0.15, -0.1) is 16.8 Å². The maximum atomic E-state index is 9.64. The highest BCUT2D eigenvalue weighted by Crippen LogP contribution is 2.30. The number of aromatic amines is 1. The fraction of sp³-hybridized carbons (Fsp3) is 0.150. The third-order valence-corrected chi connectivity index (χ3v) is 4.44. The molecule has 0 bridgehead atoms. The summed E-state index contributed by atoms with van der Waals surface area (Å²) in [6.45, 7) is 4.36. The van der Waals surface area contributed by atoms with Crippen LogP contribution in [0.4, 0.5) is 0 Å². The molecule has 0 spiro atoms. The molecular weight excluding hydrogens is 354 g/mol. The molecule has 2 N–H and O–H groups in total. The van der Waals surface area contributed by atoms with Crippen LogP contribution in [0.15, 0.2) is 61.2 Å². The van der Waals surface area contributed by atoms with Crippen LogP contribution in [0, 0.1) is 0 Å². The van der Waals surface area contributed by atoms with Gasteiger partial charge >= 0.3 is 6.01 Å². The van der Waals surface area contributed by atoms with E-state index in [0.717, 1.165) is 34.5 Å². The molecular formula is C20H19N7O. The first-order valence-electron chi connectivity index (χ1n) is 8.90. The molecule has 2 aromatic heterocycles. The number of hydrogen-bond donors (Lipinski definition) is 2. The van der Waals surface area contributed by atoms with E-state index in [-0.39, 0.29) is 6.01 Å². The van der Waals surface area contributed by atoms with Gasteiger partial charge in [-0.05, 0) is 33.5 Å². The monoisotopic (exact) mass is 373 g/mol. The van der Waals surface area contributed by atoms with Crippen molar-refractivity contribution in [2.24, 2.45) is 0 Å². The zero-order valence-corrected chi connectivity index (χ0v) is 15.2. The Morgan fingerprint density at radius 2 is 1.86 bits per heavy atom. The number of aryl methyl sites for hydroxylation is 1. The molecule has 140 valence electrons. The molecule has 8 heteroatoms. The second-order valence-electron chi connectivity index (χ2n) is 6.30. The molecule has 0 saturated carbocycles. The summed E-state index contributed by atoms with van der Waals surface area (Å²) in [6.07, 6.45) is 3.17. The van der Waals surface area contributed by atoms with Crippen molar-refractivity contribution < 1.29 is 5.11 Å². The van der Waals surface area contributed by atoms with E-state index in [9.17, 15) is 5.11 Å². The molecule has 0 atom stereocenters. The van der Waals surface area contributed by atoms with Crippen LogP contribution >= 0.6 is 0 Å². The fourth-order valence-corrected chi connectivity index (χ4v) is 3.08. The number of allylic oxidation sites excluding steroid dienone is 1. The Labute approximate surface area is 161 Å². The highest BCUT2D eigenvalue weighted by Gasteiger charge is 2.12. The third kappa shape index (κ3) is 3.66. The van der Waals surface area contributed by atoms with Crippen LogP contribution in [-0.2, 0) is 13.0 Å². The maximum absolute atomic E-state index is 9.64. The van der Waals surface area contributed by atoms with Gasteiger partial charge in [0.05, 0.1) is 0 Å². The molecule has 2 aromatic carbocycles. The van der Waals surface area contributed by atoms with E-state index in [1.54, 1.807) is 4.68 Å². The van der Waals surface area contributed by atoms with Crippen LogP contribution in [0.2, 0.25) is 0 Å². The molecule has 0 radical (unpaired) electrons. The average Bonchev–Trinajstić information content (AvgIpc) is 3.37. The Morgan fingerprint density at radius 1 is 1.07 bits per heavy atom. The summed E-state index contributed by atoms with van der Waals surface area (Å²) in [4.78, 5) is 4.13. The molecule has 0 unspecified atom stereocenters. The Hall–Kier alpha value is -3.81. The van der Waals surface area contributed by atoms with Gasteiger partial charge in [0.25, 0.3) is 0 Å². The van der Waals surface area contributed by atoms with Gasteiger partial charge in [-0.25, -0.2) is 9.78 Å². The molecule has 0 aliphatic carbocycles. The van der Waals surface area contributed by atoms with E-state index in [1.807, 2.05) is 42.5 Å². The SMILES string of the molecule is C=CCCn1nc(O)nc1Cc1ccc(-c2ccccc2-c2nnn[nH]2)cc1. The van der Waals surface area contributed by atoms with Crippen molar-refractivity contribution in [2.75, 3.05) is 0 Å². The number of H-pyrrole nitrogens is 1. The highest BCUT2D eigenvalue weighted by atomic mass is 16.3. The minimum atomic E-state index is -0.203. The number of hydrogen-bond acceptors (Lipinski definition) is 6. The van der Waals surface area contributed by atoms with Gasteiger partial charge in [-0.1, -0.05) is 54.6 Å². The van der Waals surface area contributed by atoms with E-state index in [0.29, 0.717) is 18.8 Å². The Kier molecular flexibility index (Phi) is 4.92. The number of aromatic nitrogens is 7. The van der Waals surface area contributed by atoms with Crippen molar-refractivity contribution in [3.63, 3.8) is 0 Å². The number of tetrazole rings is 1. The lowest BCUT2D eigenvalue weighted by atomic mass is 9.98. The van der Waals surface area contributed by atoms with Crippen molar-refractivity contribution in [3.8, 4) is 28.5 Å². The molecule has 0 saturated heterocycles. The van der Waals surface area contributed by atoms with E-state index < -0.39 is 0 Å². The van der Waals surface area contributed by atoms with Gasteiger partial charge in [0.15, 0.2) is 5.82 Å². The molecule has 2 heterocycles. The first kappa shape index (κ1) is 17.6. The summed E-state index contributed by atoms with van der Waals surface area (Å²) in [6, 6.07) is 16.0. The van der Waals surface area contributed by atoms with Crippen LogP contribution < -0.4 is 0 Å². The van der Waals surface area contributed by atoms with E-state index in [4.69, 9.17) is 0 Å². The van der Waals surface area contributed by atoms with E-state index in [1.165, 1.54) is 0 Å². The van der Waals surface area contributed by atoms with Crippen LogP contribution in [0.1, 0.15) is 17.8 Å². The topological polar surface area (TPSA) is 105 Å². The third-order valence-electron chi connectivity index (χ3n) is 4.44. The molecule has 0 amide bonds. The van der Waals surface area contributed by atoms with Crippen LogP contribution in [0.5, 0.6) is 6.01 Å². The lowest BCUT2D eigenvalue weighted by molar-refractivity contribution is 0.423. The van der Waals surface area contributed by atoms with Crippen molar-refractivity contribution in [1.29, 1.82) is 0 Å². The summed E-state index contributed by atoms with van der Waals surface area (Å²) >= 11 is 0. The summed E-state index contributed by atoms with van der Waals surface area (Å²) in [5, 5.41) is 27.8. The van der Waals surface area contributed by atoms with Gasteiger partial charge in [-0.3, -0.25) is 0 Å². The van der Waals surface area contributed by atoms with Gasteiger partial charge in [-0.2, -0.15) is 4.98 Å². The number of benzene rings is 2. The summed E-state index contributed by atoms with van der Waals surface area (Å²) in [5.41, 5.74) is 4.12. The first-order valence-corrected chi connectivity index (χ1v) is 8.90. The molecule has 0 aliphatic heterocycles. The minimum absolute atomic E-state index is 0.203. The summed E-state index contributed by atoms with van der Waals surface area (Å²) in [7, 11) is 0. The van der Waals surface area contributed by atoms with Gasteiger partial charge < -0.3 is 5.11 Å². The van der Waals surface area contributed by atoms with Crippen molar-refractivity contribution >= 4 is 0 Å². The zero-order valence-electron chi connectivity index (χ0n) is 15.2. The highest BCUT2D eigenvalue weighted by molar-refractivity contribution is 5.80. The van der Waals surface area contributed by atoms with Crippen molar-refractivity contribution in [2.45, 2.75) is 19.4 Å². The standard InChI is InChI=1S/C20H19N7O/c1-2-3-12-27-18(21-20(28)24-27)13-14-8-10-15(11-9-14)16-6-4-5-7-17(16)19-22-25-26-23-19/h2,4-11H,1,3,12-13H2,(H,24,28)(H,22,23,25,26). The maximum Gasteiger partial charge on any atom is 0.333 e. The summed E-state index contributed by atoms with van der Waals surface area (Å²) < 4.78 is 1.72. The lowest BCUT2D eigenvalue weighted by Gasteiger charge is -2.09. The molecule has 0 aliphatic rings. The Balaban J connectivity index is 1.59. The summed E-state index contributed by atoms with van der Waals surface area (Å²) in [5.74, 6) is 1.35. The van der Waals surface area contributed by atoms with Crippen LogP contribution in [0.3, 0.4) is 0 Å². The molecule has 4 rings (SSSR count). The largest absolute Gasteiger partial charge is 0.478 e. The predicted molar refractivity (Wildman–Crippen MR) is 104 cm³/mol. The Bertz CT molecular complexity index is 1070. The van der Waals surface area contributed by atoms with Crippen molar-refractivity contribution in [1.82, 2.24) is 35.4 Å². The van der Waals surface area contributed by atoms with Crippen LogP contribution in [-0.4, -0.2) is 40.5 Å². The quantitative estimate of drug-likeness (QED) is 0.483. The smallest absolute Gasteiger partial charge is 0.333 e. The van der Waals surface area contributed by atoms with E-state index in [2.05, 4.69) is 49.4 Å². The fourth-order valence-electron chi connectivity index (χ4n) is 3.08. The lowest BCUT2D eigenvalue weighted by Crippen LogP contribution is -2.06. The van der Waals surface area contributed by atoms with Crippen molar-refractivity contribution in [3.05, 3.63) is 72.6 Å². The van der Waals surface area contributed by atoms with E-state index >= 15 is 0 Å². The van der Waals surface area contributed by atoms with Gasteiger partial charge in [0, 0.05) is 18.5 Å². The predicted octanol–water partition coefficient (Wildman–Crippen LogP) is 3.00.